The van der Waals surface area contributed by atoms with E-state index in [9.17, 15) is 0 Å². The average molecular weight is 214 g/mol. The summed E-state index contributed by atoms with van der Waals surface area (Å²) in [5.74, 6) is 0. The van der Waals surface area contributed by atoms with Gasteiger partial charge in [-0.05, 0) is 53.1 Å². The lowest BCUT2D eigenvalue weighted by Gasteiger charge is -2.20. The molecule has 90 valence electrons. The fraction of sp³-hybridized carbons (Fsp3) is 1.00. The molecule has 1 aliphatic heterocycles. The molecule has 2 N–H and O–H groups in total. The van der Waals surface area contributed by atoms with Crippen molar-refractivity contribution in [2.24, 2.45) is 0 Å². The maximum Gasteiger partial charge on any atom is 0.0700 e. The molecule has 0 aromatic heterocycles. The lowest BCUT2D eigenvalue weighted by Crippen LogP contribution is -2.37. The van der Waals surface area contributed by atoms with Gasteiger partial charge in [-0.2, -0.15) is 0 Å². The summed E-state index contributed by atoms with van der Waals surface area (Å²) in [6, 6.07) is 0. The predicted molar refractivity (Wildman–Crippen MR) is 64.2 cm³/mol. The van der Waals surface area contributed by atoms with Crippen molar-refractivity contribution >= 4 is 0 Å². The second-order valence-electron chi connectivity index (χ2n) is 5.37. The van der Waals surface area contributed by atoms with E-state index in [0.29, 0.717) is 6.10 Å². The molecular formula is C12H26N2O. The highest BCUT2D eigenvalue weighted by Crippen LogP contribution is 2.10. The van der Waals surface area contributed by atoms with Gasteiger partial charge in [-0.25, -0.2) is 0 Å². The van der Waals surface area contributed by atoms with Crippen LogP contribution in [0, 0.1) is 0 Å². The van der Waals surface area contributed by atoms with E-state index in [1.54, 1.807) is 0 Å². The minimum Gasteiger partial charge on any atom is -0.377 e. The predicted octanol–water partition coefficient (Wildman–Crippen LogP) is 1.53. The topological polar surface area (TPSA) is 33.3 Å². The molecule has 0 amide bonds. The summed E-state index contributed by atoms with van der Waals surface area (Å²) in [4.78, 5) is 0. The molecular weight excluding hydrogens is 188 g/mol. The number of nitrogens with one attached hydrogen (secondary N) is 2. The van der Waals surface area contributed by atoms with E-state index < -0.39 is 0 Å². The standard InChI is InChI=1S/C12H26N2O/c1-12(2,3)14-8-5-7-13-10-11-6-4-9-15-11/h11,13-14H,4-10H2,1-3H3/t11-/m1/s1. The van der Waals surface area contributed by atoms with E-state index in [0.717, 1.165) is 26.2 Å². The fourth-order valence-corrected chi connectivity index (χ4v) is 1.75. The Morgan fingerprint density at radius 2 is 2.07 bits per heavy atom. The number of hydrogen-bond acceptors (Lipinski definition) is 3. The van der Waals surface area contributed by atoms with Gasteiger partial charge in [0.15, 0.2) is 0 Å². The van der Waals surface area contributed by atoms with Crippen molar-refractivity contribution in [3.05, 3.63) is 0 Å². The molecule has 0 spiro atoms. The second-order valence-corrected chi connectivity index (χ2v) is 5.37. The van der Waals surface area contributed by atoms with Gasteiger partial charge in [-0.1, -0.05) is 0 Å². The van der Waals surface area contributed by atoms with Crippen molar-refractivity contribution in [2.45, 2.75) is 51.7 Å². The molecule has 15 heavy (non-hydrogen) atoms. The summed E-state index contributed by atoms with van der Waals surface area (Å²) >= 11 is 0. The van der Waals surface area contributed by atoms with Crippen LogP contribution in [0.4, 0.5) is 0 Å². The summed E-state index contributed by atoms with van der Waals surface area (Å²) in [6.45, 7) is 10.8. The normalized spacial score (nSPS) is 22.2. The Hall–Kier alpha value is -0.120. The van der Waals surface area contributed by atoms with E-state index in [2.05, 4.69) is 31.4 Å². The summed E-state index contributed by atoms with van der Waals surface area (Å²) in [5, 5.41) is 6.93. The third kappa shape index (κ3) is 6.88. The third-order valence-corrected chi connectivity index (χ3v) is 2.58. The van der Waals surface area contributed by atoms with E-state index in [1.165, 1.54) is 19.3 Å². The van der Waals surface area contributed by atoms with Gasteiger partial charge in [0.25, 0.3) is 0 Å². The van der Waals surface area contributed by atoms with E-state index in [-0.39, 0.29) is 5.54 Å². The SMILES string of the molecule is CC(C)(C)NCCCNC[C@H]1CCCO1. The van der Waals surface area contributed by atoms with Crippen LogP contribution in [0.25, 0.3) is 0 Å². The van der Waals surface area contributed by atoms with E-state index in [1.807, 2.05) is 0 Å². The molecule has 0 aromatic rings. The summed E-state index contributed by atoms with van der Waals surface area (Å²) in [6.07, 6.45) is 4.12. The van der Waals surface area contributed by atoms with Crippen LogP contribution in [0.3, 0.4) is 0 Å². The van der Waals surface area contributed by atoms with E-state index in [4.69, 9.17) is 4.74 Å². The molecule has 1 fully saturated rings. The maximum absolute atomic E-state index is 5.54. The van der Waals surface area contributed by atoms with Crippen molar-refractivity contribution in [3.63, 3.8) is 0 Å². The molecule has 3 nitrogen and oxygen atoms in total. The minimum atomic E-state index is 0.245. The lowest BCUT2D eigenvalue weighted by molar-refractivity contribution is 0.110. The van der Waals surface area contributed by atoms with Gasteiger partial charge in [0.2, 0.25) is 0 Å². The molecule has 1 heterocycles. The minimum absolute atomic E-state index is 0.245. The molecule has 0 aliphatic carbocycles. The molecule has 1 saturated heterocycles. The summed E-state index contributed by atoms with van der Waals surface area (Å²) in [7, 11) is 0. The monoisotopic (exact) mass is 214 g/mol. The van der Waals surface area contributed by atoms with Crippen LogP contribution in [-0.2, 0) is 4.74 Å². The van der Waals surface area contributed by atoms with Crippen LogP contribution in [0.1, 0.15) is 40.0 Å². The second kappa shape index (κ2) is 6.46. The molecule has 0 bridgehead atoms. The van der Waals surface area contributed by atoms with Crippen LogP contribution in [0.2, 0.25) is 0 Å². The molecule has 0 unspecified atom stereocenters. The first-order valence-electron chi connectivity index (χ1n) is 6.15. The quantitative estimate of drug-likeness (QED) is 0.658. The zero-order valence-electron chi connectivity index (χ0n) is 10.4. The number of ether oxygens (including phenoxy) is 1. The van der Waals surface area contributed by atoms with Gasteiger partial charge in [0.1, 0.15) is 0 Å². The number of hydrogen-bond donors (Lipinski definition) is 2. The van der Waals surface area contributed by atoms with Gasteiger partial charge >= 0.3 is 0 Å². The van der Waals surface area contributed by atoms with Crippen molar-refractivity contribution < 1.29 is 4.74 Å². The van der Waals surface area contributed by atoms with Crippen LogP contribution in [0.15, 0.2) is 0 Å². The van der Waals surface area contributed by atoms with Crippen molar-refractivity contribution in [1.82, 2.24) is 10.6 Å². The average Bonchev–Trinajstić information content (AvgIpc) is 2.61. The zero-order valence-corrected chi connectivity index (χ0v) is 10.4. The molecule has 1 atom stereocenters. The van der Waals surface area contributed by atoms with Gasteiger partial charge in [0.05, 0.1) is 6.10 Å². The first kappa shape index (κ1) is 12.9. The Labute approximate surface area is 94.0 Å². The van der Waals surface area contributed by atoms with Crippen LogP contribution >= 0.6 is 0 Å². The third-order valence-electron chi connectivity index (χ3n) is 2.58. The first-order valence-corrected chi connectivity index (χ1v) is 6.15. The lowest BCUT2D eigenvalue weighted by atomic mass is 10.1. The molecule has 1 aliphatic rings. The molecule has 1 rings (SSSR count). The highest BCUT2D eigenvalue weighted by Gasteiger charge is 2.14. The molecule has 0 aromatic carbocycles. The summed E-state index contributed by atoms with van der Waals surface area (Å²) < 4.78 is 5.54. The molecule has 3 heteroatoms. The maximum atomic E-state index is 5.54. The van der Waals surface area contributed by atoms with Gasteiger partial charge in [-0.15, -0.1) is 0 Å². The summed E-state index contributed by atoms with van der Waals surface area (Å²) in [5.41, 5.74) is 0.245. The molecule has 0 radical (unpaired) electrons. The Morgan fingerprint density at radius 1 is 1.27 bits per heavy atom. The van der Waals surface area contributed by atoms with Gasteiger partial charge < -0.3 is 15.4 Å². The van der Waals surface area contributed by atoms with Crippen LogP contribution in [-0.4, -0.2) is 37.9 Å². The van der Waals surface area contributed by atoms with Gasteiger partial charge in [0, 0.05) is 18.7 Å². The van der Waals surface area contributed by atoms with E-state index >= 15 is 0 Å². The van der Waals surface area contributed by atoms with Gasteiger partial charge in [-0.3, -0.25) is 0 Å². The van der Waals surface area contributed by atoms with Crippen molar-refractivity contribution in [2.75, 3.05) is 26.2 Å². The van der Waals surface area contributed by atoms with Crippen molar-refractivity contribution in [3.8, 4) is 0 Å². The Bertz CT molecular complexity index is 159. The smallest absolute Gasteiger partial charge is 0.0700 e. The Morgan fingerprint density at radius 3 is 2.67 bits per heavy atom. The van der Waals surface area contributed by atoms with Crippen LogP contribution < -0.4 is 10.6 Å². The zero-order chi connectivity index (χ0) is 11.1. The Kier molecular flexibility index (Phi) is 5.58. The fourth-order valence-electron chi connectivity index (χ4n) is 1.75. The van der Waals surface area contributed by atoms with Crippen LogP contribution in [0.5, 0.6) is 0 Å². The molecule has 0 saturated carbocycles. The highest BCUT2D eigenvalue weighted by atomic mass is 16.5. The Balaban J connectivity index is 1.84. The number of rotatable bonds is 6. The highest BCUT2D eigenvalue weighted by molar-refractivity contribution is 4.71. The van der Waals surface area contributed by atoms with Crippen molar-refractivity contribution in [1.29, 1.82) is 0 Å². The first-order chi connectivity index (χ1) is 7.08. The largest absolute Gasteiger partial charge is 0.377 e.